The summed E-state index contributed by atoms with van der Waals surface area (Å²) in [6.07, 6.45) is 0. The molecule has 97 heavy (non-hydrogen) atoms. The Hall–Kier alpha value is -12.6. The van der Waals surface area contributed by atoms with Crippen molar-refractivity contribution >= 4 is 112 Å². The first-order valence-electron chi connectivity index (χ1n) is 32.8. The van der Waals surface area contributed by atoms with Gasteiger partial charge in [-0.25, -0.2) is 0 Å². The molecule has 0 atom stereocenters. The Labute approximate surface area is 568 Å². The van der Waals surface area contributed by atoms with E-state index in [2.05, 4.69) is 319 Å². The fourth-order valence-electron chi connectivity index (χ4n) is 16.7. The van der Waals surface area contributed by atoms with Gasteiger partial charge < -0.3 is 0 Å². The molecule has 6 heterocycles. The molecule has 4 aliphatic carbocycles. The standard InChI is InChI=1S/C92H44N4.Pb/c1-5-21-53(22-6-1)45-49-69-85-77-61-37-13-29-57-31-15-39-63(73(57)61)79(77)87(93-85)70(50-46-54-23-7-2-8-24-54)89-81-65-41-17-33-59-35-19-43-67(75(59)65)83(81)91(95-89)72(52-48-56-27-11-4-12-28-56)92-84-68-44-20-36-60-34-18-42-66(76(60)68)82(84)90(96-92)71(51-47-55-25-9-3-10-26-55)88-80-64-40-16-32-58-30-14-38-62(74(58)64)78(80)86(69)94-88;/h1-44H;/q-2;+2. The SMILES string of the molecule is C(#Cc1ccccc1)C1=c2nc(c3c4cccc5cccc(c2=3)c54)C(C#Cc2ccccc2)=c2c3c(c4[n]2[Pb][n]2c1c1c(c2C(C#Cc2ccccc2)=c2nc(c5c6cccc7cccc(c2=5)c76)C=4C#Cc2ccccc2)-c2cccc4cccc-1c24)-c1cccc2cccc-3c12. The predicted octanol–water partition coefficient (Wildman–Crippen LogP) is 15.6. The summed E-state index contributed by atoms with van der Waals surface area (Å²) < 4.78 is 5.57. The van der Waals surface area contributed by atoms with E-state index in [1.807, 2.05) is 0 Å². The van der Waals surface area contributed by atoms with E-state index in [1.54, 1.807) is 0 Å². The molecule has 14 aromatic rings. The number of hydrogen-bond donors (Lipinski definition) is 0. The molecule has 0 fully saturated rings. The first kappa shape index (κ1) is 52.9. The van der Waals surface area contributed by atoms with Crippen LogP contribution in [0.15, 0.2) is 267 Å². The van der Waals surface area contributed by atoms with E-state index in [4.69, 9.17) is 9.97 Å². The molecule has 0 saturated carbocycles. The molecule has 0 unspecified atom stereocenters. The molecule has 6 bridgehead atoms. The van der Waals surface area contributed by atoms with Crippen LogP contribution in [0.2, 0.25) is 0 Å². The van der Waals surface area contributed by atoms with E-state index < -0.39 is 24.8 Å². The van der Waals surface area contributed by atoms with Crippen molar-refractivity contribution in [3.8, 4) is 91.9 Å². The number of benzene rings is 12. The van der Waals surface area contributed by atoms with E-state index >= 15 is 0 Å². The summed E-state index contributed by atoms with van der Waals surface area (Å²) in [6.45, 7) is 0. The zero-order valence-electron chi connectivity index (χ0n) is 51.7. The van der Waals surface area contributed by atoms with Gasteiger partial charge in [0, 0.05) is 0 Å². The zero-order chi connectivity index (χ0) is 63.1. The first-order valence-corrected chi connectivity index (χ1v) is 36.3. The summed E-state index contributed by atoms with van der Waals surface area (Å²) in [4.78, 5) is 12.7. The molecule has 22 rings (SSSR count). The van der Waals surface area contributed by atoms with Gasteiger partial charge in [0.1, 0.15) is 0 Å². The molecule has 436 valence electrons. The van der Waals surface area contributed by atoms with Crippen LogP contribution in [0.3, 0.4) is 0 Å². The second-order valence-corrected chi connectivity index (χ2v) is 29.8. The number of hydrogen-bond acceptors (Lipinski definition) is 2. The van der Waals surface area contributed by atoms with Gasteiger partial charge >= 0.3 is 573 Å². The summed E-state index contributed by atoms with van der Waals surface area (Å²) >= 11 is -2.98. The third-order valence-electron chi connectivity index (χ3n) is 20.5. The molecule has 0 spiro atoms. The van der Waals surface area contributed by atoms with Crippen LogP contribution >= 0.6 is 0 Å². The van der Waals surface area contributed by atoms with Crippen molar-refractivity contribution in [3.63, 3.8) is 0 Å². The summed E-state index contributed by atoms with van der Waals surface area (Å²) in [5.41, 5.74) is 19.9. The summed E-state index contributed by atoms with van der Waals surface area (Å²) in [5.74, 6) is 31.8. The Morgan fingerprint density at radius 2 is 0.546 bits per heavy atom. The fraction of sp³-hybridized carbons (Fsp3) is 0. The van der Waals surface area contributed by atoms with E-state index in [1.165, 1.54) is 43.1 Å². The third kappa shape index (κ3) is 7.29. The van der Waals surface area contributed by atoms with Gasteiger partial charge in [-0.05, 0) is 0 Å². The third-order valence-corrected chi connectivity index (χ3v) is 25.6. The minimum atomic E-state index is -2.98. The van der Waals surface area contributed by atoms with Gasteiger partial charge in [-0.2, -0.15) is 0 Å². The van der Waals surface area contributed by atoms with Crippen molar-refractivity contribution in [1.82, 2.24) is 14.7 Å². The molecule has 12 aromatic carbocycles. The van der Waals surface area contributed by atoms with Gasteiger partial charge in [-0.15, -0.1) is 0 Å². The maximum atomic E-state index is 6.35. The Balaban J connectivity index is 1.10. The molecule has 0 amide bonds. The van der Waals surface area contributed by atoms with E-state index in [9.17, 15) is 0 Å². The quantitative estimate of drug-likeness (QED) is 0.112. The van der Waals surface area contributed by atoms with Crippen molar-refractivity contribution in [2.75, 3.05) is 0 Å². The molecule has 4 nitrogen and oxygen atoms in total. The van der Waals surface area contributed by atoms with Crippen molar-refractivity contribution in [3.05, 3.63) is 354 Å². The van der Waals surface area contributed by atoms with Crippen LogP contribution in [0.1, 0.15) is 45.0 Å². The van der Waals surface area contributed by atoms with Crippen LogP contribution in [0.4, 0.5) is 0 Å². The average molecular weight is 1410 g/mol. The van der Waals surface area contributed by atoms with E-state index in [0.717, 1.165) is 176 Å². The van der Waals surface area contributed by atoms with Crippen molar-refractivity contribution in [1.29, 1.82) is 0 Å². The zero-order valence-corrected chi connectivity index (χ0v) is 55.6. The number of nitrogens with zero attached hydrogens (tertiary/aromatic N) is 4. The molecule has 0 saturated heterocycles. The van der Waals surface area contributed by atoms with Gasteiger partial charge in [-0.3, -0.25) is 0 Å². The maximum absolute atomic E-state index is 6.35. The molecule has 2 radical (unpaired) electrons. The number of fused-ring (bicyclic) bond motifs is 22. The van der Waals surface area contributed by atoms with Gasteiger partial charge in [0.15, 0.2) is 0 Å². The summed E-state index contributed by atoms with van der Waals surface area (Å²) in [5, 5.41) is 22.0. The van der Waals surface area contributed by atoms with Crippen molar-refractivity contribution < 1.29 is 0 Å². The van der Waals surface area contributed by atoms with Gasteiger partial charge in [-0.1, -0.05) is 0 Å². The Morgan fingerprint density at radius 3 is 0.897 bits per heavy atom. The van der Waals surface area contributed by atoms with Gasteiger partial charge in [0.2, 0.25) is 0 Å². The molecular formula is C92H44N4Pb. The Kier molecular flexibility index (Phi) is 10.9. The van der Waals surface area contributed by atoms with Crippen LogP contribution in [-0.2, 0) is 0 Å². The fourth-order valence-corrected chi connectivity index (χ4v) is 22.5. The van der Waals surface area contributed by atoms with Crippen molar-refractivity contribution in [2.45, 2.75) is 0 Å². The van der Waals surface area contributed by atoms with Crippen LogP contribution < -0.4 is 21.4 Å². The molecular weight excluding hydrogens is 1370 g/mol. The van der Waals surface area contributed by atoms with E-state index in [0.29, 0.717) is 0 Å². The summed E-state index contributed by atoms with van der Waals surface area (Å²) in [6, 6.07) is 96.3. The minimum absolute atomic E-state index is 0.833. The van der Waals surface area contributed by atoms with Gasteiger partial charge in [0.05, 0.1) is 0 Å². The number of aromatic nitrogens is 4. The predicted molar refractivity (Wildman–Crippen MR) is 394 cm³/mol. The topological polar surface area (TPSA) is 35.6 Å². The van der Waals surface area contributed by atoms with Crippen molar-refractivity contribution in [2.24, 2.45) is 0 Å². The molecule has 4 aliphatic heterocycles. The van der Waals surface area contributed by atoms with Crippen LogP contribution in [0.5, 0.6) is 0 Å². The Bertz CT molecular complexity index is 6880. The monoisotopic (exact) mass is 1410 g/mol. The van der Waals surface area contributed by atoms with Crippen LogP contribution in [0.25, 0.3) is 131 Å². The Morgan fingerprint density at radius 1 is 0.247 bits per heavy atom. The molecule has 2 aromatic heterocycles. The average Bonchev–Trinajstić information content (AvgIpc) is 1.51. The summed E-state index contributed by atoms with van der Waals surface area (Å²) in [7, 11) is 0. The molecule has 0 N–H and O–H groups in total. The second-order valence-electron chi connectivity index (χ2n) is 25.6. The second kappa shape index (κ2) is 20.0. The number of rotatable bonds is 0. The normalized spacial score (nSPS) is 12.9. The molecule has 5 heteroatoms. The first-order chi connectivity index (χ1) is 48.2. The van der Waals surface area contributed by atoms with E-state index in [-0.39, 0.29) is 0 Å². The molecule has 8 aliphatic rings. The van der Waals surface area contributed by atoms with Crippen LogP contribution in [0, 0.1) is 68.2 Å². The van der Waals surface area contributed by atoms with Crippen LogP contribution in [-0.4, -0.2) is 39.6 Å². The van der Waals surface area contributed by atoms with Gasteiger partial charge in [0.25, 0.3) is 0 Å².